The molecule has 0 atom stereocenters. The Morgan fingerprint density at radius 1 is 1.75 bits per heavy atom. The molecule has 0 amide bonds. The summed E-state index contributed by atoms with van der Waals surface area (Å²) in [6, 6.07) is 3.54. The van der Waals surface area contributed by atoms with Crippen LogP contribution < -0.4 is 4.74 Å². The lowest BCUT2D eigenvalue weighted by molar-refractivity contribution is 0.357. The second kappa shape index (κ2) is 4.49. The van der Waals surface area contributed by atoms with Crippen molar-refractivity contribution >= 4 is 0 Å². The fourth-order valence-electron chi connectivity index (χ4n) is 0.685. The summed E-state index contributed by atoms with van der Waals surface area (Å²) >= 11 is 0. The highest BCUT2D eigenvalue weighted by Gasteiger charge is 1.89. The maximum Gasteiger partial charge on any atom is 0.138 e. The second-order valence-corrected chi connectivity index (χ2v) is 2.29. The molecule has 2 nitrogen and oxygen atoms in total. The minimum Gasteiger partial charge on any atom is -0.488 e. The predicted octanol–water partition coefficient (Wildman–Crippen LogP) is 2.33. The number of hydrogen-bond acceptors (Lipinski definition) is 2. The highest BCUT2D eigenvalue weighted by atomic mass is 19.1. The Balaban J connectivity index is 2.39. The molecule has 3 heteroatoms. The zero-order valence-electron chi connectivity index (χ0n) is 6.83. The predicted molar refractivity (Wildman–Crippen MR) is 44.6 cm³/mol. The SMILES string of the molecule is C/C(F)=C/COc1cccnc1. The largest absolute Gasteiger partial charge is 0.488 e. The number of nitrogens with zero attached hydrogens (tertiary/aromatic N) is 1. The molecule has 0 unspecified atom stereocenters. The summed E-state index contributed by atoms with van der Waals surface area (Å²) in [5.41, 5.74) is 0. The lowest BCUT2D eigenvalue weighted by Gasteiger charge is -2.00. The molecule has 0 spiro atoms. The molecule has 1 rings (SSSR count). The van der Waals surface area contributed by atoms with Crippen molar-refractivity contribution in [3.8, 4) is 5.75 Å². The summed E-state index contributed by atoms with van der Waals surface area (Å²) < 4.78 is 17.3. The van der Waals surface area contributed by atoms with Gasteiger partial charge < -0.3 is 4.74 Å². The molecule has 0 saturated carbocycles. The van der Waals surface area contributed by atoms with Crippen LogP contribution in [0.3, 0.4) is 0 Å². The first kappa shape index (κ1) is 8.71. The second-order valence-electron chi connectivity index (χ2n) is 2.29. The molecule has 1 heterocycles. The van der Waals surface area contributed by atoms with E-state index in [4.69, 9.17) is 4.74 Å². The van der Waals surface area contributed by atoms with E-state index in [9.17, 15) is 4.39 Å². The van der Waals surface area contributed by atoms with Crippen LogP contribution in [0.1, 0.15) is 6.92 Å². The Morgan fingerprint density at radius 3 is 3.17 bits per heavy atom. The molecule has 0 aliphatic carbocycles. The number of hydrogen-bond donors (Lipinski definition) is 0. The highest BCUT2D eigenvalue weighted by molar-refractivity contribution is 5.15. The number of aromatic nitrogens is 1. The topological polar surface area (TPSA) is 22.1 Å². The Kier molecular flexibility index (Phi) is 3.26. The van der Waals surface area contributed by atoms with Crippen LogP contribution in [0.15, 0.2) is 36.4 Å². The van der Waals surface area contributed by atoms with Gasteiger partial charge in [-0.05, 0) is 25.1 Å². The van der Waals surface area contributed by atoms with E-state index in [2.05, 4.69) is 4.98 Å². The summed E-state index contributed by atoms with van der Waals surface area (Å²) in [7, 11) is 0. The van der Waals surface area contributed by atoms with Crippen molar-refractivity contribution in [3.05, 3.63) is 36.4 Å². The lowest BCUT2D eigenvalue weighted by Crippen LogP contribution is -1.93. The molecule has 0 N–H and O–H groups in total. The Labute approximate surface area is 70.7 Å². The third-order valence-corrected chi connectivity index (χ3v) is 1.25. The van der Waals surface area contributed by atoms with E-state index in [0.717, 1.165) is 0 Å². The molecule has 0 fully saturated rings. The molecule has 12 heavy (non-hydrogen) atoms. The first-order valence-corrected chi connectivity index (χ1v) is 3.64. The van der Waals surface area contributed by atoms with Crippen molar-refractivity contribution in [2.24, 2.45) is 0 Å². The Hall–Kier alpha value is -1.38. The maximum absolute atomic E-state index is 12.2. The van der Waals surface area contributed by atoms with Gasteiger partial charge in [0.25, 0.3) is 0 Å². The van der Waals surface area contributed by atoms with Crippen molar-refractivity contribution in [1.29, 1.82) is 0 Å². The molecule has 0 aliphatic rings. The zero-order chi connectivity index (χ0) is 8.81. The maximum atomic E-state index is 12.2. The standard InChI is InChI=1S/C9H10FNO/c1-8(10)4-6-12-9-3-2-5-11-7-9/h2-5,7H,6H2,1H3/b8-4-. The van der Waals surface area contributed by atoms with Gasteiger partial charge >= 0.3 is 0 Å². The van der Waals surface area contributed by atoms with Crippen LogP contribution in [0.4, 0.5) is 4.39 Å². The van der Waals surface area contributed by atoms with E-state index < -0.39 is 0 Å². The van der Waals surface area contributed by atoms with Gasteiger partial charge in [-0.15, -0.1) is 0 Å². The average Bonchev–Trinajstić information content (AvgIpc) is 2.05. The smallest absolute Gasteiger partial charge is 0.138 e. The summed E-state index contributed by atoms with van der Waals surface area (Å²) in [6.07, 6.45) is 4.61. The van der Waals surface area contributed by atoms with Gasteiger partial charge in [0.15, 0.2) is 0 Å². The van der Waals surface area contributed by atoms with E-state index in [1.54, 1.807) is 24.5 Å². The minimum absolute atomic E-state index is 0.237. The number of allylic oxidation sites excluding steroid dienone is 1. The van der Waals surface area contributed by atoms with E-state index in [1.807, 2.05) is 0 Å². The molecule has 64 valence electrons. The first-order valence-electron chi connectivity index (χ1n) is 3.64. The van der Waals surface area contributed by atoms with Crippen molar-refractivity contribution < 1.29 is 9.13 Å². The van der Waals surface area contributed by atoms with Gasteiger partial charge in [-0.25, -0.2) is 4.39 Å². The van der Waals surface area contributed by atoms with Crippen LogP contribution >= 0.6 is 0 Å². The lowest BCUT2D eigenvalue weighted by atomic mass is 10.4. The fraction of sp³-hybridized carbons (Fsp3) is 0.222. The van der Waals surface area contributed by atoms with Crippen LogP contribution in [-0.2, 0) is 0 Å². The van der Waals surface area contributed by atoms with Crippen molar-refractivity contribution in [2.75, 3.05) is 6.61 Å². The van der Waals surface area contributed by atoms with Crippen molar-refractivity contribution in [1.82, 2.24) is 4.98 Å². The zero-order valence-corrected chi connectivity index (χ0v) is 6.83. The molecule has 1 aromatic heterocycles. The Bertz CT molecular complexity index is 254. The summed E-state index contributed by atoms with van der Waals surface area (Å²) in [5.74, 6) is 0.411. The molecule has 1 aromatic rings. The molecule has 0 aromatic carbocycles. The molecular formula is C9H10FNO. The van der Waals surface area contributed by atoms with Gasteiger partial charge in [0, 0.05) is 6.20 Å². The van der Waals surface area contributed by atoms with Crippen molar-refractivity contribution in [3.63, 3.8) is 0 Å². The number of rotatable bonds is 3. The number of ether oxygens (including phenoxy) is 1. The minimum atomic E-state index is -0.237. The fourth-order valence-corrected chi connectivity index (χ4v) is 0.685. The summed E-state index contributed by atoms with van der Waals surface area (Å²) in [4.78, 5) is 3.84. The van der Waals surface area contributed by atoms with Crippen LogP contribution in [0.5, 0.6) is 5.75 Å². The van der Waals surface area contributed by atoms with Gasteiger partial charge in [0.2, 0.25) is 0 Å². The van der Waals surface area contributed by atoms with Crippen LogP contribution in [-0.4, -0.2) is 11.6 Å². The van der Waals surface area contributed by atoms with Gasteiger partial charge in [0.1, 0.15) is 12.4 Å². The van der Waals surface area contributed by atoms with Crippen LogP contribution in [0, 0.1) is 0 Å². The van der Waals surface area contributed by atoms with Crippen molar-refractivity contribution in [2.45, 2.75) is 6.92 Å². The molecule has 0 aliphatic heterocycles. The van der Waals surface area contributed by atoms with Gasteiger partial charge in [-0.1, -0.05) is 0 Å². The van der Waals surface area contributed by atoms with E-state index in [-0.39, 0.29) is 12.4 Å². The van der Waals surface area contributed by atoms with E-state index in [1.165, 1.54) is 13.0 Å². The Morgan fingerprint density at radius 2 is 2.58 bits per heavy atom. The quantitative estimate of drug-likeness (QED) is 0.689. The van der Waals surface area contributed by atoms with Gasteiger partial charge in [-0.3, -0.25) is 4.98 Å². The van der Waals surface area contributed by atoms with Crippen LogP contribution in [0.25, 0.3) is 0 Å². The molecular weight excluding hydrogens is 157 g/mol. The van der Waals surface area contributed by atoms with E-state index in [0.29, 0.717) is 5.75 Å². The van der Waals surface area contributed by atoms with Crippen LogP contribution in [0.2, 0.25) is 0 Å². The highest BCUT2D eigenvalue weighted by Crippen LogP contribution is 2.06. The van der Waals surface area contributed by atoms with Gasteiger partial charge in [0.05, 0.1) is 12.0 Å². The molecule has 0 bridgehead atoms. The summed E-state index contributed by atoms with van der Waals surface area (Å²) in [5, 5.41) is 0. The molecule has 0 saturated heterocycles. The number of pyridine rings is 1. The monoisotopic (exact) mass is 167 g/mol. The van der Waals surface area contributed by atoms with Gasteiger partial charge in [-0.2, -0.15) is 0 Å². The van der Waals surface area contributed by atoms with E-state index >= 15 is 0 Å². The summed E-state index contributed by atoms with van der Waals surface area (Å²) in [6.45, 7) is 1.63. The normalized spacial score (nSPS) is 11.3. The number of halogens is 1. The average molecular weight is 167 g/mol. The third kappa shape index (κ3) is 3.14. The first-order chi connectivity index (χ1) is 5.79. The third-order valence-electron chi connectivity index (χ3n) is 1.25. The molecule has 0 radical (unpaired) electrons.